The SMILES string of the molecule is CC(CC(C)C(C)C(C)C)=C1CC(O)C2C3CC(O)C4(O)CC(O)CCC4(C)C3CCC12C. The molecule has 4 saturated carbocycles. The van der Waals surface area contributed by atoms with E-state index in [1.54, 1.807) is 0 Å². The van der Waals surface area contributed by atoms with Crippen LogP contribution in [0, 0.1) is 46.3 Å². The second kappa shape index (κ2) is 8.61. The highest BCUT2D eigenvalue weighted by Crippen LogP contribution is 2.68. The molecule has 11 unspecified atom stereocenters. The summed E-state index contributed by atoms with van der Waals surface area (Å²) in [7, 11) is 0. The zero-order valence-corrected chi connectivity index (χ0v) is 22.1. The summed E-state index contributed by atoms with van der Waals surface area (Å²) < 4.78 is 0. The van der Waals surface area contributed by atoms with Crippen LogP contribution in [-0.4, -0.2) is 44.3 Å². The molecular weight excluding hydrogens is 412 g/mol. The molecule has 11 atom stereocenters. The van der Waals surface area contributed by atoms with E-state index < -0.39 is 23.2 Å². The third-order valence-corrected chi connectivity index (χ3v) is 11.7. The zero-order chi connectivity index (χ0) is 24.5. The molecule has 0 aliphatic heterocycles. The first kappa shape index (κ1) is 25.7. The molecule has 0 bridgehead atoms. The largest absolute Gasteiger partial charge is 0.393 e. The van der Waals surface area contributed by atoms with Crippen molar-refractivity contribution in [1.82, 2.24) is 0 Å². The van der Waals surface area contributed by atoms with Gasteiger partial charge in [-0.15, -0.1) is 0 Å². The van der Waals surface area contributed by atoms with Crippen LogP contribution in [0.25, 0.3) is 0 Å². The van der Waals surface area contributed by atoms with Crippen molar-refractivity contribution in [2.24, 2.45) is 46.3 Å². The Morgan fingerprint density at radius 2 is 1.70 bits per heavy atom. The van der Waals surface area contributed by atoms with E-state index in [9.17, 15) is 20.4 Å². The molecule has 4 aliphatic rings. The van der Waals surface area contributed by atoms with E-state index in [1.807, 2.05) is 0 Å². The maximum absolute atomic E-state index is 11.7. The van der Waals surface area contributed by atoms with Crippen molar-refractivity contribution in [1.29, 1.82) is 0 Å². The Hall–Kier alpha value is -0.420. The summed E-state index contributed by atoms with van der Waals surface area (Å²) in [5.74, 6) is 2.59. The molecule has 4 aliphatic carbocycles. The second-order valence-corrected chi connectivity index (χ2v) is 13.6. The lowest BCUT2D eigenvalue weighted by Crippen LogP contribution is -2.68. The van der Waals surface area contributed by atoms with Crippen molar-refractivity contribution < 1.29 is 20.4 Å². The number of aliphatic hydroxyl groups is 4. The van der Waals surface area contributed by atoms with Gasteiger partial charge in [0.1, 0.15) is 0 Å². The van der Waals surface area contributed by atoms with E-state index in [0.717, 1.165) is 32.1 Å². The predicted octanol–water partition coefficient (Wildman–Crippen LogP) is 5.08. The summed E-state index contributed by atoms with van der Waals surface area (Å²) in [6, 6.07) is 0. The van der Waals surface area contributed by atoms with Crippen LogP contribution in [0.2, 0.25) is 0 Å². The topological polar surface area (TPSA) is 80.9 Å². The van der Waals surface area contributed by atoms with E-state index in [0.29, 0.717) is 30.6 Å². The van der Waals surface area contributed by atoms with Gasteiger partial charge in [-0.3, -0.25) is 0 Å². The average molecular weight is 463 g/mol. The molecule has 0 aromatic rings. The smallest absolute Gasteiger partial charge is 0.0985 e. The highest BCUT2D eigenvalue weighted by Gasteiger charge is 2.68. The van der Waals surface area contributed by atoms with Crippen LogP contribution in [0.3, 0.4) is 0 Å². The molecular formula is C29H50O4. The third-order valence-electron chi connectivity index (χ3n) is 11.7. The fraction of sp³-hybridized carbons (Fsp3) is 0.931. The molecule has 0 heterocycles. The van der Waals surface area contributed by atoms with Crippen LogP contribution < -0.4 is 0 Å². The van der Waals surface area contributed by atoms with Gasteiger partial charge in [0.25, 0.3) is 0 Å². The summed E-state index contributed by atoms with van der Waals surface area (Å²) in [4.78, 5) is 0. The van der Waals surface area contributed by atoms with Gasteiger partial charge in [0, 0.05) is 11.8 Å². The van der Waals surface area contributed by atoms with Crippen molar-refractivity contribution in [3.63, 3.8) is 0 Å². The van der Waals surface area contributed by atoms with Crippen molar-refractivity contribution in [2.45, 2.75) is 124 Å². The van der Waals surface area contributed by atoms with Crippen LogP contribution in [-0.2, 0) is 0 Å². The molecule has 4 fully saturated rings. The van der Waals surface area contributed by atoms with Gasteiger partial charge < -0.3 is 20.4 Å². The first-order chi connectivity index (χ1) is 15.3. The number of hydrogen-bond acceptors (Lipinski definition) is 4. The maximum atomic E-state index is 11.7. The van der Waals surface area contributed by atoms with E-state index in [1.165, 1.54) is 11.1 Å². The van der Waals surface area contributed by atoms with Crippen LogP contribution in [0.4, 0.5) is 0 Å². The van der Waals surface area contributed by atoms with E-state index in [2.05, 4.69) is 48.5 Å². The van der Waals surface area contributed by atoms with E-state index in [4.69, 9.17) is 0 Å². The highest BCUT2D eigenvalue weighted by molar-refractivity contribution is 5.31. The van der Waals surface area contributed by atoms with Crippen molar-refractivity contribution >= 4 is 0 Å². The van der Waals surface area contributed by atoms with Crippen molar-refractivity contribution in [3.8, 4) is 0 Å². The molecule has 0 radical (unpaired) electrons. The second-order valence-electron chi connectivity index (χ2n) is 13.6. The van der Waals surface area contributed by atoms with Crippen molar-refractivity contribution in [2.75, 3.05) is 0 Å². The Kier molecular flexibility index (Phi) is 6.69. The van der Waals surface area contributed by atoms with E-state index >= 15 is 0 Å². The maximum Gasteiger partial charge on any atom is 0.0985 e. The molecule has 190 valence electrons. The Bertz CT molecular complexity index is 776. The summed E-state index contributed by atoms with van der Waals surface area (Å²) in [5.41, 5.74) is 1.29. The van der Waals surface area contributed by atoms with Gasteiger partial charge in [-0.2, -0.15) is 0 Å². The molecule has 0 saturated heterocycles. The Labute approximate surface area is 201 Å². The van der Waals surface area contributed by atoms with E-state index in [-0.39, 0.29) is 35.7 Å². The zero-order valence-electron chi connectivity index (χ0n) is 22.1. The minimum atomic E-state index is -1.22. The van der Waals surface area contributed by atoms with Crippen LogP contribution in [0.5, 0.6) is 0 Å². The molecule has 4 nitrogen and oxygen atoms in total. The van der Waals surface area contributed by atoms with Gasteiger partial charge in [-0.1, -0.05) is 52.7 Å². The predicted molar refractivity (Wildman–Crippen MR) is 132 cm³/mol. The first-order valence-electron chi connectivity index (χ1n) is 13.7. The average Bonchev–Trinajstić information content (AvgIpc) is 3.00. The lowest BCUT2D eigenvalue weighted by molar-refractivity contribution is -0.265. The summed E-state index contributed by atoms with van der Waals surface area (Å²) in [5, 5.41) is 44.6. The van der Waals surface area contributed by atoms with Gasteiger partial charge in [0.15, 0.2) is 0 Å². The normalized spacial score (nSPS) is 50.9. The molecule has 4 rings (SSSR count). The third kappa shape index (κ3) is 3.77. The number of fused-ring (bicyclic) bond motifs is 5. The summed E-state index contributed by atoms with van der Waals surface area (Å²) in [6.45, 7) is 16.2. The van der Waals surface area contributed by atoms with Crippen LogP contribution in [0.1, 0.15) is 99.8 Å². The minimum absolute atomic E-state index is 0.0226. The lowest BCUT2D eigenvalue weighted by Gasteiger charge is -2.65. The molecule has 0 aromatic carbocycles. The van der Waals surface area contributed by atoms with Gasteiger partial charge in [0.2, 0.25) is 0 Å². The van der Waals surface area contributed by atoms with Gasteiger partial charge >= 0.3 is 0 Å². The molecule has 4 heteroatoms. The number of hydrogen-bond donors (Lipinski definition) is 4. The highest BCUT2D eigenvalue weighted by atomic mass is 16.3. The summed E-state index contributed by atoms with van der Waals surface area (Å²) in [6.07, 6.45) is 4.42. The standard InChI is InChI=1S/C29H50O4/c1-16(2)19(5)17(3)12-18(4)23-14-24(31)26-21-13-25(32)29(33)15-20(30)8-11-28(29,7)22(21)9-10-27(23,26)6/h16-17,19-22,24-26,30-33H,8-15H2,1-7H3. The first-order valence-corrected chi connectivity index (χ1v) is 13.7. The molecule has 0 amide bonds. The Balaban J connectivity index is 1.65. The molecule has 0 aromatic heterocycles. The summed E-state index contributed by atoms with van der Waals surface area (Å²) >= 11 is 0. The quantitative estimate of drug-likeness (QED) is 0.439. The monoisotopic (exact) mass is 462 g/mol. The molecule has 4 N–H and O–H groups in total. The fourth-order valence-corrected chi connectivity index (χ4v) is 9.26. The lowest BCUT2D eigenvalue weighted by atomic mass is 9.42. The Morgan fingerprint density at radius 3 is 2.33 bits per heavy atom. The number of aliphatic hydroxyl groups excluding tert-OH is 3. The molecule has 0 spiro atoms. The minimum Gasteiger partial charge on any atom is -0.393 e. The number of allylic oxidation sites excluding steroid dienone is 1. The number of rotatable bonds is 4. The van der Waals surface area contributed by atoms with Gasteiger partial charge in [-0.05, 0) is 92.8 Å². The van der Waals surface area contributed by atoms with Gasteiger partial charge in [0.05, 0.1) is 23.9 Å². The van der Waals surface area contributed by atoms with Crippen LogP contribution in [0.15, 0.2) is 11.1 Å². The van der Waals surface area contributed by atoms with Gasteiger partial charge in [-0.25, -0.2) is 0 Å². The van der Waals surface area contributed by atoms with Crippen LogP contribution >= 0.6 is 0 Å². The molecule has 33 heavy (non-hydrogen) atoms. The fourth-order valence-electron chi connectivity index (χ4n) is 9.26. The van der Waals surface area contributed by atoms with Crippen molar-refractivity contribution in [3.05, 3.63) is 11.1 Å². The Morgan fingerprint density at radius 1 is 1.03 bits per heavy atom.